The van der Waals surface area contributed by atoms with Crippen LogP contribution in [0.5, 0.6) is 0 Å². The number of carboxylic acid groups (broad SMARTS) is 1. The maximum absolute atomic E-state index is 13.1. The standard InChI is InChI=1S/C13H14F2O2/c1-12(14,15)8-9-4-2-3-5-10(9)13(6-7-13)11(16)17/h2-5H,6-8H2,1H3,(H,16,17). The first-order valence-electron chi connectivity index (χ1n) is 5.55. The van der Waals surface area contributed by atoms with Gasteiger partial charge in [0, 0.05) is 6.42 Å². The molecule has 0 spiro atoms. The van der Waals surface area contributed by atoms with Crippen molar-refractivity contribution in [1.29, 1.82) is 0 Å². The normalized spacial score (nSPS) is 17.8. The fourth-order valence-corrected chi connectivity index (χ4v) is 2.20. The lowest BCUT2D eigenvalue weighted by atomic mass is 9.89. The zero-order valence-electron chi connectivity index (χ0n) is 9.54. The molecule has 0 bridgehead atoms. The van der Waals surface area contributed by atoms with Gasteiger partial charge in [0.05, 0.1) is 5.41 Å². The van der Waals surface area contributed by atoms with Gasteiger partial charge >= 0.3 is 5.97 Å². The van der Waals surface area contributed by atoms with E-state index in [-0.39, 0.29) is 0 Å². The highest BCUT2D eigenvalue weighted by Gasteiger charge is 2.52. The van der Waals surface area contributed by atoms with Crippen molar-refractivity contribution in [2.45, 2.75) is 37.5 Å². The number of benzene rings is 1. The van der Waals surface area contributed by atoms with E-state index in [2.05, 4.69) is 0 Å². The summed E-state index contributed by atoms with van der Waals surface area (Å²) >= 11 is 0. The topological polar surface area (TPSA) is 37.3 Å². The third-order valence-corrected chi connectivity index (χ3v) is 3.19. The highest BCUT2D eigenvalue weighted by atomic mass is 19.3. The molecule has 1 aliphatic rings. The van der Waals surface area contributed by atoms with E-state index in [9.17, 15) is 18.7 Å². The van der Waals surface area contributed by atoms with Crippen LogP contribution in [0.3, 0.4) is 0 Å². The van der Waals surface area contributed by atoms with Gasteiger partial charge in [-0.1, -0.05) is 24.3 Å². The summed E-state index contributed by atoms with van der Waals surface area (Å²) in [7, 11) is 0. The van der Waals surface area contributed by atoms with Crippen LogP contribution >= 0.6 is 0 Å². The van der Waals surface area contributed by atoms with E-state index in [1.807, 2.05) is 0 Å². The Morgan fingerprint density at radius 3 is 2.47 bits per heavy atom. The molecular formula is C13H14F2O2. The molecule has 0 saturated heterocycles. The molecule has 1 aliphatic carbocycles. The maximum Gasteiger partial charge on any atom is 0.314 e. The number of hydrogen-bond donors (Lipinski definition) is 1. The molecule has 0 unspecified atom stereocenters. The smallest absolute Gasteiger partial charge is 0.314 e. The second-order valence-electron chi connectivity index (χ2n) is 4.79. The van der Waals surface area contributed by atoms with Gasteiger partial charge in [0.1, 0.15) is 0 Å². The molecule has 1 N–H and O–H groups in total. The molecule has 0 heterocycles. The highest BCUT2D eigenvalue weighted by Crippen LogP contribution is 2.50. The van der Waals surface area contributed by atoms with Crippen LogP contribution in [0.25, 0.3) is 0 Å². The van der Waals surface area contributed by atoms with E-state index < -0.39 is 23.7 Å². The second-order valence-corrected chi connectivity index (χ2v) is 4.79. The van der Waals surface area contributed by atoms with Crippen molar-refractivity contribution in [3.63, 3.8) is 0 Å². The summed E-state index contributed by atoms with van der Waals surface area (Å²) in [5.74, 6) is -3.73. The van der Waals surface area contributed by atoms with Crippen molar-refractivity contribution >= 4 is 5.97 Å². The zero-order valence-corrected chi connectivity index (χ0v) is 9.54. The first-order chi connectivity index (χ1) is 7.85. The Kier molecular flexibility index (Phi) is 2.68. The fraction of sp³-hybridized carbons (Fsp3) is 0.462. The predicted octanol–water partition coefficient (Wildman–Crippen LogP) is 3.00. The SMILES string of the molecule is CC(F)(F)Cc1ccccc1C1(C(=O)O)CC1. The van der Waals surface area contributed by atoms with Crippen LogP contribution in [0.1, 0.15) is 30.9 Å². The average Bonchev–Trinajstić information content (AvgIpc) is 2.96. The number of rotatable bonds is 4. The molecule has 1 aromatic rings. The van der Waals surface area contributed by atoms with Crippen LogP contribution in [0.15, 0.2) is 24.3 Å². The van der Waals surface area contributed by atoms with E-state index in [0.717, 1.165) is 6.92 Å². The summed E-state index contributed by atoms with van der Waals surface area (Å²) in [5.41, 5.74) is 0.0795. The summed E-state index contributed by atoms with van der Waals surface area (Å²) in [6.45, 7) is 0.851. The van der Waals surface area contributed by atoms with Crippen molar-refractivity contribution in [3.05, 3.63) is 35.4 Å². The van der Waals surface area contributed by atoms with Crippen LogP contribution < -0.4 is 0 Å². The summed E-state index contributed by atoms with van der Waals surface area (Å²) in [5, 5.41) is 9.19. The van der Waals surface area contributed by atoms with Gasteiger partial charge in [-0.05, 0) is 30.9 Å². The second kappa shape index (κ2) is 3.79. The molecule has 0 radical (unpaired) electrons. The number of hydrogen-bond acceptors (Lipinski definition) is 1. The molecule has 1 aromatic carbocycles. The van der Waals surface area contributed by atoms with E-state index in [1.165, 1.54) is 0 Å². The van der Waals surface area contributed by atoms with Gasteiger partial charge < -0.3 is 5.11 Å². The average molecular weight is 240 g/mol. The van der Waals surface area contributed by atoms with E-state index in [0.29, 0.717) is 24.0 Å². The van der Waals surface area contributed by atoms with E-state index in [4.69, 9.17) is 0 Å². The fourth-order valence-electron chi connectivity index (χ4n) is 2.20. The lowest BCUT2D eigenvalue weighted by molar-refractivity contribution is -0.140. The quantitative estimate of drug-likeness (QED) is 0.878. The molecule has 2 nitrogen and oxygen atoms in total. The van der Waals surface area contributed by atoms with Crippen molar-refractivity contribution in [1.82, 2.24) is 0 Å². The molecule has 4 heteroatoms. The molecule has 2 rings (SSSR count). The molecule has 0 aromatic heterocycles. The molecule has 17 heavy (non-hydrogen) atoms. The Balaban J connectivity index is 2.38. The first-order valence-corrected chi connectivity index (χ1v) is 5.55. The third-order valence-electron chi connectivity index (χ3n) is 3.19. The minimum Gasteiger partial charge on any atom is -0.481 e. The summed E-state index contributed by atoms with van der Waals surface area (Å²) < 4.78 is 26.1. The predicted molar refractivity (Wildman–Crippen MR) is 59.3 cm³/mol. The van der Waals surface area contributed by atoms with Crippen LogP contribution in [0, 0.1) is 0 Å². The number of halogens is 2. The first kappa shape index (κ1) is 12.0. The molecule has 0 aliphatic heterocycles. The van der Waals surface area contributed by atoms with Crippen LogP contribution in [-0.2, 0) is 16.6 Å². The maximum atomic E-state index is 13.1. The van der Waals surface area contributed by atoms with Crippen molar-refractivity contribution in [3.8, 4) is 0 Å². The minimum absolute atomic E-state index is 0.405. The lowest BCUT2D eigenvalue weighted by Gasteiger charge is -2.18. The summed E-state index contributed by atoms with van der Waals surface area (Å²) in [6, 6.07) is 6.62. The molecule has 1 fully saturated rings. The third kappa shape index (κ3) is 2.30. The Labute approximate surface area is 98.3 Å². The molecular weight excluding hydrogens is 226 g/mol. The van der Waals surface area contributed by atoms with Crippen molar-refractivity contribution in [2.75, 3.05) is 0 Å². The van der Waals surface area contributed by atoms with E-state index >= 15 is 0 Å². The summed E-state index contributed by atoms with van der Waals surface area (Å²) in [6.07, 6.45) is 0.668. The Morgan fingerprint density at radius 2 is 2.00 bits per heavy atom. The Hall–Kier alpha value is -1.45. The molecule has 1 saturated carbocycles. The van der Waals surface area contributed by atoms with Gasteiger partial charge in [0.25, 0.3) is 0 Å². The van der Waals surface area contributed by atoms with Crippen LogP contribution in [-0.4, -0.2) is 17.0 Å². The largest absolute Gasteiger partial charge is 0.481 e. The zero-order chi connectivity index (χ0) is 12.7. The number of aliphatic carboxylic acids is 1. The summed E-state index contributed by atoms with van der Waals surface area (Å²) in [4.78, 5) is 11.2. The molecule has 92 valence electrons. The van der Waals surface area contributed by atoms with Crippen molar-refractivity contribution < 1.29 is 18.7 Å². The Morgan fingerprint density at radius 1 is 1.41 bits per heavy atom. The monoisotopic (exact) mass is 240 g/mol. The van der Waals surface area contributed by atoms with Crippen LogP contribution in [0.4, 0.5) is 8.78 Å². The molecule has 0 amide bonds. The Bertz CT molecular complexity index is 445. The van der Waals surface area contributed by atoms with Gasteiger partial charge in [-0.2, -0.15) is 0 Å². The lowest BCUT2D eigenvalue weighted by Crippen LogP contribution is -2.23. The van der Waals surface area contributed by atoms with Crippen LogP contribution in [0.2, 0.25) is 0 Å². The molecule has 0 atom stereocenters. The number of alkyl halides is 2. The number of carboxylic acids is 1. The van der Waals surface area contributed by atoms with Gasteiger partial charge in [-0.25, -0.2) is 8.78 Å². The van der Waals surface area contributed by atoms with Crippen molar-refractivity contribution in [2.24, 2.45) is 0 Å². The number of carbonyl (C=O) groups is 1. The van der Waals surface area contributed by atoms with Gasteiger partial charge in [0.15, 0.2) is 0 Å². The highest BCUT2D eigenvalue weighted by molar-refractivity contribution is 5.85. The van der Waals surface area contributed by atoms with Gasteiger partial charge in [-0.15, -0.1) is 0 Å². The van der Waals surface area contributed by atoms with E-state index in [1.54, 1.807) is 24.3 Å². The van der Waals surface area contributed by atoms with Gasteiger partial charge in [0.2, 0.25) is 5.92 Å². The van der Waals surface area contributed by atoms with Gasteiger partial charge in [-0.3, -0.25) is 4.79 Å². The minimum atomic E-state index is -2.81.